The predicted octanol–water partition coefficient (Wildman–Crippen LogP) is 2.63. The maximum Gasteiger partial charge on any atom is 0.257 e. The normalized spacial score (nSPS) is 12.4. The Hall–Kier alpha value is -2.38. The average Bonchev–Trinajstić information content (AvgIpc) is 2.65. The molecule has 2 aromatic rings. The zero-order valence-electron chi connectivity index (χ0n) is 14.9. The Morgan fingerprint density at radius 3 is 2.35 bits per heavy atom. The summed E-state index contributed by atoms with van der Waals surface area (Å²) < 4.78 is 33.0. The van der Waals surface area contributed by atoms with E-state index in [1.807, 2.05) is 37.3 Å². The van der Waals surface area contributed by atoms with E-state index in [0.717, 1.165) is 12.0 Å². The molecule has 140 valence electrons. The lowest BCUT2D eigenvalue weighted by molar-refractivity contribution is -0.123. The highest BCUT2D eigenvalue weighted by Crippen LogP contribution is 2.19. The Balaban J connectivity index is 1.97. The second-order valence-corrected chi connectivity index (χ2v) is 7.58. The molecule has 0 aromatic heterocycles. The minimum absolute atomic E-state index is 0.102. The van der Waals surface area contributed by atoms with E-state index in [4.69, 9.17) is 4.74 Å². The van der Waals surface area contributed by atoms with Crippen LogP contribution in [0.3, 0.4) is 0 Å². The minimum Gasteiger partial charge on any atom is -0.484 e. The van der Waals surface area contributed by atoms with E-state index in [1.54, 1.807) is 6.92 Å². The van der Waals surface area contributed by atoms with E-state index in [-0.39, 0.29) is 23.5 Å². The van der Waals surface area contributed by atoms with Crippen molar-refractivity contribution in [2.75, 3.05) is 13.2 Å². The van der Waals surface area contributed by atoms with Gasteiger partial charge < -0.3 is 10.1 Å². The van der Waals surface area contributed by atoms with Gasteiger partial charge in [0.15, 0.2) is 6.61 Å². The number of amides is 1. The van der Waals surface area contributed by atoms with Crippen LogP contribution < -0.4 is 14.8 Å². The van der Waals surface area contributed by atoms with Gasteiger partial charge in [-0.3, -0.25) is 4.79 Å². The zero-order valence-corrected chi connectivity index (χ0v) is 15.8. The second-order valence-electron chi connectivity index (χ2n) is 5.86. The molecule has 1 atom stereocenters. The summed E-state index contributed by atoms with van der Waals surface area (Å²) in [5, 5.41) is 2.71. The first-order valence-corrected chi connectivity index (χ1v) is 9.97. The van der Waals surface area contributed by atoms with E-state index in [2.05, 4.69) is 10.0 Å². The van der Waals surface area contributed by atoms with Crippen molar-refractivity contribution in [2.24, 2.45) is 0 Å². The number of sulfonamides is 1. The number of rotatable bonds is 9. The van der Waals surface area contributed by atoms with Crippen molar-refractivity contribution in [2.45, 2.75) is 31.2 Å². The average molecular weight is 376 g/mol. The summed E-state index contributed by atoms with van der Waals surface area (Å²) in [6.07, 6.45) is 0.854. The van der Waals surface area contributed by atoms with Crippen molar-refractivity contribution in [1.82, 2.24) is 10.0 Å². The first kappa shape index (κ1) is 19.9. The number of carbonyl (C=O) groups excluding carboxylic acids is 1. The van der Waals surface area contributed by atoms with Crippen LogP contribution in [0.1, 0.15) is 31.9 Å². The van der Waals surface area contributed by atoms with Crippen LogP contribution in [-0.2, 0) is 14.8 Å². The van der Waals surface area contributed by atoms with Crippen molar-refractivity contribution < 1.29 is 17.9 Å². The third kappa shape index (κ3) is 5.86. The van der Waals surface area contributed by atoms with Crippen LogP contribution in [0.15, 0.2) is 59.5 Å². The molecule has 0 saturated carbocycles. The molecule has 0 aliphatic carbocycles. The maximum atomic E-state index is 12.5. The van der Waals surface area contributed by atoms with Gasteiger partial charge >= 0.3 is 0 Å². The van der Waals surface area contributed by atoms with Gasteiger partial charge in [0.05, 0.1) is 4.90 Å². The molecule has 1 amide bonds. The SMILES string of the molecule is CCCNC(=O)COc1ccc(S(=O)(=O)N[C@@H](C)c2ccccc2)cc1. The molecule has 2 N–H and O–H groups in total. The fourth-order valence-electron chi connectivity index (χ4n) is 2.29. The minimum atomic E-state index is -3.65. The predicted molar refractivity (Wildman–Crippen MR) is 100 cm³/mol. The van der Waals surface area contributed by atoms with Crippen LogP contribution in [0.4, 0.5) is 0 Å². The molecule has 2 rings (SSSR count). The van der Waals surface area contributed by atoms with Gasteiger partial charge in [0.1, 0.15) is 5.75 Å². The van der Waals surface area contributed by atoms with Crippen molar-refractivity contribution in [3.8, 4) is 5.75 Å². The molecule has 0 bridgehead atoms. The summed E-state index contributed by atoms with van der Waals surface area (Å²) in [5.41, 5.74) is 0.883. The summed E-state index contributed by atoms with van der Waals surface area (Å²) in [4.78, 5) is 11.7. The molecule has 0 heterocycles. The van der Waals surface area contributed by atoms with E-state index >= 15 is 0 Å². The Morgan fingerprint density at radius 1 is 1.08 bits per heavy atom. The Bertz CT molecular complexity index is 805. The van der Waals surface area contributed by atoms with Gasteiger partial charge in [0.2, 0.25) is 10.0 Å². The lowest BCUT2D eigenvalue weighted by Gasteiger charge is -2.15. The molecule has 26 heavy (non-hydrogen) atoms. The lowest BCUT2D eigenvalue weighted by Crippen LogP contribution is -2.29. The number of hydrogen-bond acceptors (Lipinski definition) is 4. The number of benzene rings is 2. The summed E-state index contributed by atoms with van der Waals surface area (Å²) in [6, 6.07) is 15.0. The molecule has 0 fully saturated rings. The molecule has 6 nitrogen and oxygen atoms in total. The van der Waals surface area contributed by atoms with Gasteiger partial charge in [0.25, 0.3) is 5.91 Å². The standard InChI is InChI=1S/C19H24N2O4S/c1-3-13-20-19(22)14-25-17-9-11-18(12-10-17)26(23,24)21-15(2)16-7-5-4-6-8-16/h4-12,15,21H,3,13-14H2,1-2H3,(H,20,22)/t15-/m0/s1. The van der Waals surface area contributed by atoms with Gasteiger partial charge in [-0.15, -0.1) is 0 Å². The van der Waals surface area contributed by atoms with E-state index in [9.17, 15) is 13.2 Å². The van der Waals surface area contributed by atoms with Gasteiger partial charge in [0, 0.05) is 12.6 Å². The van der Waals surface area contributed by atoms with Crippen molar-refractivity contribution in [1.29, 1.82) is 0 Å². The molecule has 2 aromatic carbocycles. The van der Waals surface area contributed by atoms with Crippen molar-refractivity contribution >= 4 is 15.9 Å². The topological polar surface area (TPSA) is 84.5 Å². The van der Waals surface area contributed by atoms with Crippen LogP contribution in [0, 0.1) is 0 Å². The molecule has 0 aliphatic heterocycles. The Morgan fingerprint density at radius 2 is 1.73 bits per heavy atom. The first-order chi connectivity index (χ1) is 12.4. The monoisotopic (exact) mass is 376 g/mol. The largest absolute Gasteiger partial charge is 0.484 e. The van der Waals surface area contributed by atoms with Crippen LogP contribution in [0.2, 0.25) is 0 Å². The Kier molecular flexibility index (Phi) is 7.17. The number of hydrogen-bond donors (Lipinski definition) is 2. The molecule has 0 saturated heterocycles. The van der Waals surface area contributed by atoms with Gasteiger partial charge in [-0.1, -0.05) is 37.3 Å². The molecular weight excluding hydrogens is 352 g/mol. The zero-order chi connectivity index (χ0) is 19.0. The van der Waals surface area contributed by atoms with E-state index in [0.29, 0.717) is 12.3 Å². The van der Waals surface area contributed by atoms with Crippen molar-refractivity contribution in [3.05, 3.63) is 60.2 Å². The highest BCUT2D eigenvalue weighted by atomic mass is 32.2. The number of nitrogens with one attached hydrogen (secondary N) is 2. The summed E-state index contributed by atoms with van der Waals surface area (Å²) in [5.74, 6) is 0.230. The molecule has 0 unspecified atom stereocenters. The third-order valence-electron chi connectivity index (χ3n) is 3.71. The smallest absolute Gasteiger partial charge is 0.257 e. The molecule has 0 aliphatic rings. The molecular formula is C19H24N2O4S. The maximum absolute atomic E-state index is 12.5. The second kappa shape index (κ2) is 9.35. The highest BCUT2D eigenvalue weighted by molar-refractivity contribution is 7.89. The van der Waals surface area contributed by atoms with E-state index in [1.165, 1.54) is 24.3 Å². The first-order valence-electron chi connectivity index (χ1n) is 8.49. The fraction of sp³-hybridized carbons (Fsp3) is 0.316. The van der Waals surface area contributed by atoms with Crippen LogP contribution in [0.5, 0.6) is 5.75 Å². The number of ether oxygens (including phenoxy) is 1. The van der Waals surface area contributed by atoms with Gasteiger partial charge in [-0.05, 0) is 43.2 Å². The fourth-order valence-corrected chi connectivity index (χ4v) is 3.52. The third-order valence-corrected chi connectivity index (χ3v) is 5.26. The number of carbonyl (C=O) groups is 1. The van der Waals surface area contributed by atoms with Crippen molar-refractivity contribution in [3.63, 3.8) is 0 Å². The lowest BCUT2D eigenvalue weighted by atomic mass is 10.1. The summed E-state index contributed by atoms with van der Waals surface area (Å²) in [7, 11) is -3.65. The van der Waals surface area contributed by atoms with Crippen LogP contribution in [0.25, 0.3) is 0 Å². The summed E-state index contributed by atoms with van der Waals surface area (Å²) in [6.45, 7) is 4.26. The molecule has 7 heteroatoms. The summed E-state index contributed by atoms with van der Waals surface area (Å²) >= 11 is 0. The van der Waals surface area contributed by atoms with Crippen LogP contribution >= 0.6 is 0 Å². The Labute approximate surface area is 154 Å². The van der Waals surface area contributed by atoms with Gasteiger partial charge in [-0.25, -0.2) is 13.1 Å². The molecule has 0 spiro atoms. The van der Waals surface area contributed by atoms with E-state index < -0.39 is 10.0 Å². The quantitative estimate of drug-likeness (QED) is 0.705. The van der Waals surface area contributed by atoms with Crippen LogP contribution in [-0.4, -0.2) is 27.5 Å². The molecule has 0 radical (unpaired) electrons. The van der Waals surface area contributed by atoms with Gasteiger partial charge in [-0.2, -0.15) is 0 Å². The highest BCUT2D eigenvalue weighted by Gasteiger charge is 2.18.